The Balaban J connectivity index is 1.73. The zero-order valence-electron chi connectivity index (χ0n) is 15.6. The summed E-state index contributed by atoms with van der Waals surface area (Å²) in [5.74, 6) is -0.329. The van der Waals surface area contributed by atoms with Gasteiger partial charge in [-0.3, -0.25) is 19.6 Å². The average Bonchev–Trinajstić information content (AvgIpc) is 2.97. The normalized spacial score (nSPS) is 10.4. The van der Waals surface area contributed by atoms with Crippen molar-refractivity contribution in [1.82, 2.24) is 9.78 Å². The van der Waals surface area contributed by atoms with Crippen molar-refractivity contribution in [2.45, 2.75) is 20.4 Å². The van der Waals surface area contributed by atoms with Crippen molar-refractivity contribution in [3.63, 3.8) is 0 Å². The van der Waals surface area contributed by atoms with Crippen LogP contribution in [-0.2, 0) is 6.54 Å². The molecular weight excluding hydrogens is 394 g/mol. The Hall–Kier alpha value is -3.70. The summed E-state index contributed by atoms with van der Waals surface area (Å²) in [5, 5.41) is 27.4. The molecule has 0 saturated carbocycles. The largest absolute Gasteiger partial charge is 0.322 e. The number of benzene rings is 2. The summed E-state index contributed by atoms with van der Waals surface area (Å²) in [6.45, 7) is 3.61. The van der Waals surface area contributed by atoms with Crippen LogP contribution < -0.4 is 5.32 Å². The molecule has 1 amide bonds. The summed E-state index contributed by atoms with van der Waals surface area (Å²) in [5.41, 5.74) is 2.88. The molecule has 8 nitrogen and oxygen atoms in total. The van der Waals surface area contributed by atoms with Gasteiger partial charge in [0.15, 0.2) is 0 Å². The zero-order valence-corrected chi connectivity index (χ0v) is 16.4. The van der Waals surface area contributed by atoms with Crippen LogP contribution in [0.25, 0.3) is 0 Å². The summed E-state index contributed by atoms with van der Waals surface area (Å²) in [6, 6.07) is 13.5. The Morgan fingerprint density at radius 2 is 1.97 bits per heavy atom. The predicted octanol–water partition coefficient (Wildman–Crippen LogP) is 4.23. The third-order valence-electron chi connectivity index (χ3n) is 4.42. The van der Waals surface area contributed by atoms with Crippen LogP contribution >= 0.6 is 11.6 Å². The first-order valence-corrected chi connectivity index (χ1v) is 8.96. The van der Waals surface area contributed by atoms with Gasteiger partial charge in [-0.1, -0.05) is 23.7 Å². The highest BCUT2D eigenvalue weighted by Crippen LogP contribution is 2.23. The molecule has 0 radical (unpaired) electrons. The van der Waals surface area contributed by atoms with Crippen molar-refractivity contribution >= 4 is 28.9 Å². The molecule has 1 aromatic heterocycles. The molecule has 0 aliphatic carbocycles. The number of hydrogen-bond acceptors (Lipinski definition) is 5. The number of halogens is 1. The van der Waals surface area contributed by atoms with Gasteiger partial charge in [0, 0.05) is 11.3 Å². The number of nitrogens with zero attached hydrogens (tertiary/aromatic N) is 4. The van der Waals surface area contributed by atoms with Gasteiger partial charge in [0.1, 0.15) is 17.5 Å². The maximum absolute atomic E-state index is 12.4. The van der Waals surface area contributed by atoms with Crippen LogP contribution in [0.3, 0.4) is 0 Å². The minimum atomic E-state index is -0.434. The van der Waals surface area contributed by atoms with Crippen LogP contribution in [0.5, 0.6) is 0 Å². The molecule has 3 rings (SSSR count). The van der Waals surface area contributed by atoms with Gasteiger partial charge in [-0.05, 0) is 49.7 Å². The SMILES string of the molecule is Cc1nn(Cc2ccc(C(=O)Nc3ccc(Cl)c(C#N)c3)cc2)c(C)c1[N+](=O)[O-]. The summed E-state index contributed by atoms with van der Waals surface area (Å²) in [6.07, 6.45) is 0. The lowest BCUT2D eigenvalue weighted by atomic mass is 10.1. The van der Waals surface area contributed by atoms with E-state index in [-0.39, 0.29) is 17.2 Å². The lowest BCUT2D eigenvalue weighted by Crippen LogP contribution is -2.12. The van der Waals surface area contributed by atoms with Crippen LogP contribution in [0.2, 0.25) is 5.02 Å². The number of anilines is 1. The molecule has 2 aromatic carbocycles. The van der Waals surface area contributed by atoms with E-state index in [0.717, 1.165) is 5.56 Å². The summed E-state index contributed by atoms with van der Waals surface area (Å²) in [7, 11) is 0. The molecule has 29 heavy (non-hydrogen) atoms. The molecular formula is C20H16ClN5O3. The van der Waals surface area contributed by atoms with Gasteiger partial charge in [-0.25, -0.2) is 0 Å². The molecule has 3 aromatic rings. The number of nitriles is 1. The Bertz CT molecular complexity index is 1150. The maximum atomic E-state index is 12.4. The van der Waals surface area contributed by atoms with Gasteiger partial charge in [0.2, 0.25) is 0 Å². The first-order valence-electron chi connectivity index (χ1n) is 8.58. The predicted molar refractivity (Wildman–Crippen MR) is 108 cm³/mol. The standard InChI is InChI=1S/C20H16ClN5O3/c1-12-19(26(28)29)13(2)25(24-12)11-14-3-5-15(6-4-14)20(27)23-17-7-8-18(21)16(9-17)10-22/h3-9H,11H2,1-2H3,(H,23,27). The number of amides is 1. The van der Waals surface area contributed by atoms with Gasteiger partial charge >= 0.3 is 5.69 Å². The summed E-state index contributed by atoms with van der Waals surface area (Å²) >= 11 is 5.89. The highest BCUT2D eigenvalue weighted by Gasteiger charge is 2.21. The number of carbonyl (C=O) groups is 1. The van der Waals surface area contributed by atoms with Crippen LogP contribution in [-0.4, -0.2) is 20.6 Å². The van der Waals surface area contributed by atoms with E-state index in [4.69, 9.17) is 16.9 Å². The van der Waals surface area contributed by atoms with E-state index in [1.54, 1.807) is 54.9 Å². The average molecular weight is 410 g/mol. The lowest BCUT2D eigenvalue weighted by Gasteiger charge is -2.08. The van der Waals surface area contributed by atoms with E-state index < -0.39 is 4.92 Å². The molecule has 0 unspecified atom stereocenters. The molecule has 0 fully saturated rings. The topological polar surface area (TPSA) is 114 Å². The van der Waals surface area contributed by atoms with Gasteiger partial charge in [-0.2, -0.15) is 10.4 Å². The van der Waals surface area contributed by atoms with Crippen molar-refractivity contribution in [1.29, 1.82) is 5.26 Å². The summed E-state index contributed by atoms with van der Waals surface area (Å²) < 4.78 is 1.57. The Labute approximate surface area is 171 Å². The molecule has 0 bridgehead atoms. The van der Waals surface area contributed by atoms with E-state index in [1.807, 2.05) is 6.07 Å². The summed E-state index contributed by atoms with van der Waals surface area (Å²) in [4.78, 5) is 23.1. The molecule has 0 atom stereocenters. The maximum Gasteiger partial charge on any atom is 0.312 e. The smallest absolute Gasteiger partial charge is 0.312 e. The minimum absolute atomic E-state index is 0.0145. The van der Waals surface area contributed by atoms with Crippen LogP contribution in [0.4, 0.5) is 11.4 Å². The number of carbonyl (C=O) groups excluding carboxylic acids is 1. The molecule has 0 spiro atoms. The number of nitro groups is 1. The molecule has 146 valence electrons. The lowest BCUT2D eigenvalue weighted by molar-refractivity contribution is -0.386. The van der Waals surface area contributed by atoms with Crippen molar-refractivity contribution in [3.8, 4) is 6.07 Å². The van der Waals surface area contributed by atoms with Crippen molar-refractivity contribution < 1.29 is 9.72 Å². The van der Waals surface area contributed by atoms with Gasteiger partial charge < -0.3 is 5.32 Å². The monoisotopic (exact) mass is 409 g/mol. The van der Waals surface area contributed by atoms with Gasteiger partial charge in [-0.15, -0.1) is 0 Å². The first-order chi connectivity index (χ1) is 13.8. The zero-order chi connectivity index (χ0) is 21.1. The molecule has 0 aliphatic rings. The van der Waals surface area contributed by atoms with E-state index in [9.17, 15) is 14.9 Å². The highest BCUT2D eigenvalue weighted by molar-refractivity contribution is 6.31. The Morgan fingerprint density at radius 1 is 1.28 bits per heavy atom. The Kier molecular flexibility index (Phi) is 5.61. The van der Waals surface area contributed by atoms with E-state index in [1.165, 1.54) is 6.07 Å². The fourth-order valence-corrected chi connectivity index (χ4v) is 3.09. The van der Waals surface area contributed by atoms with Crippen molar-refractivity contribution in [2.75, 3.05) is 5.32 Å². The van der Waals surface area contributed by atoms with E-state index in [2.05, 4.69) is 10.4 Å². The number of aromatic nitrogens is 2. The van der Waals surface area contributed by atoms with E-state index >= 15 is 0 Å². The first kappa shape index (κ1) is 20.0. The van der Waals surface area contributed by atoms with Gasteiger partial charge in [0.05, 0.1) is 22.1 Å². The fraction of sp³-hybridized carbons (Fsp3) is 0.150. The third kappa shape index (κ3) is 4.25. The van der Waals surface area contributed by atoms with Crippen LogP contribution in [0.1, 0.15) is 32.9 Å². The molecule has 9 heteroatoms. The quantitative estimate of drug-likeness (QED) is 0.500. The number of hydrogen-bond donors (Lipinski definition) is 1. The molecule has 1 heterocycles. The third-order valence-corrected chi connectivity index (χ3v) is 4.75. The number of rotatable bonds is 5. The van der Waals surface area contributed by atoms with E-state index in [0.29, 0.717) is 34.2 Å². The molecule has 1 N–H and O–H groups in total. The second-order valence-electron chi connectivity index (χ2n) is 6.39. The van der Waals surface area contributed by atoms with Crippen LogP contribution in [0.15, 0.2) is 42.5 Å². The number of nitrogens with one attached hydrogen (secondary N) is 1. The Morgan fingerprint density at radius 3 is 2.55 bits per heavy atom. The minimum Gasteiger partial charge on any atom is -0.322 e. The van der Waals surface area contributed by atoms with Crippen molar-refractivity contribution in [3.05, 3.63) is 85.7 Å². The highest BCUT2D eigenvalue weighted by atomic mass is 35.5. The number of aryl methyl sites for hydroxylation is 1. The van der Waals surface area contributed by atoms with Gasteiger partial charge in [0.25, 0.3) is 5.91 Å². The second-order valence-corrected chi connectivity index (χ2v) is 6.80. The molecule has 0 saturated heterocycles. The molecule has 0 aliphatic heterocycles. The fourth-order valence-electron chi connectivity index (χ4n) is 2.93. The van der Waals surface area contributed by atoms with Crippen molar-refractivity contribution in [2.24, 2.45) is 0 Å². The second kappa shape index (κ2) is 8.12. The van der Waals surface area contributed by atoms with Crippen LogP contribution in [0, 0.1) is 35.3 Å².